The van der Waals surface area contributed by atoms with E-state index < -0.39 is 52.6 Å². The number of H-pyrrole nitrogens is 1. The molecule has 0 atom stereocenters. The normalized spacial score (nSPS) is 15.0. The number of alkyl halides is 13. The number of aromatic nitrogens is 2. The summed E-state index contributed by atoms with van der Waals surface area (Å²) in [5, 5.41) is 0.349. The van der Waals surface area contributed by atoms with Gasteiger partial charge in [-0.25, -0.2) is 4.98 Å². The molecular weight excluding hydrogens is 479 g/mol. The van der Waals surface area contributed by atoms with Crippen LogP contribution < -0.4 is 0 Å². The summed E-state index contributed by atoms with van der Waals surface area (Å²) in [5.74, 6) is -39.8. The van der Waals surface area contributed by atoms with Crippen molar-refractivity contribution >= 4 is 21.8 Å². The second-order valence-corrected chi connectivity index (χ2v) is 6.64. The van der Waals surface area contributed by atoms with Crippen LogP contribution in [0.2, 0.25) is 0 Å². The zero-order chi connectivity index (χ0) is 24.5. The molecule has 15 heteroatoms. The first-order chi connectivity index (χ1) is 14.3. The van der Waals surface area contributed by atoms with Crippen LogP contribution in [0.3, 0.4) is 0 Å². The van der Waals surface area contributed by atoms with Gasteiger partial charge in [-0.15, -0.1) is 0 Å². The van der Waals surface area contributed by atoms with Gasteiger partial charge in [0, 0.05) is 5.39 Å². The van der Waals surface area contributed by atoms with E-state index in [1.807, 2.05) is 0 Å². The Kier molecular flexibility index (Phi) is 4.96. The topological polar surface area (TPSA) is 28.7 Å². The summed E-state index contributed by atoms with van der Waals surface area (Å²) in [6.45, 7) is 0. The molecule has 176 valence electrons. The average Bonchev–Trinajstić information content (AvgIpc) is 3.12. The summed E-state index contributed by atoms with van der Waals surface area (Å²) >= 11 is 0. The van der Waals surface area contributed by atoms with Gasteiger partial charge in [0.25, 0.3) is 0 Å². The number of rotatable bonds is 5. The van der Waals surface area contributed by atoms with Crippen molar-refractivity contribution in [2.24, 2.45) is 0 Å². The fourth-order valence-electron chi connectivity index (χ4n) is 2.81. The molecule has 0 aliphatic carbocycles. The molecule has 0 radical (unpaired) electrons. The van der Waals surface area contributed by atoms with E-state index in [-0.39, 0.29) is 5.39 Å². The SMILES string of the molecule is FC(F)(F)C(F)(F)C(F)(F)C(F)(F)C(F)(F)C(F)(F)c1nc2c(ccc3ccccc32)[nH]1. The predicted molar refractivity (Wildman–Crippen MR) is 83.3 cm³/mol. The molecular formula is C17H7F13N2. The maximum Gasteiger partial charge on any atom is 0.460 e. The predicted octanol–water partition coefficient (Wildman–Crippen LogP) is 6.91. The van der Waals surface area contributed by atoms with Gasteiger partial charge in [0.05, 0.1) is 11.0 Å². The van der Waals surface area contributed by atoms with Crippen molar-refractivity contribution in [3.05, 3.63) is 42.2 Å². The lowest BCUT2D eigenvalue weighted by molar-refractivity contribution is -0.442. The van der Waals surface area contributed by atoms with E-state index in [1.165, 1.54) is 35.3 Å². The Morgan fingerprint density at radius 3 is 1.69 bits per heavy atom. The lowest BCUT2D eigenvalue weighted by Gasteiger charge is -2.39. The molecule has 2 nitrogen and oxygen atoms in total. The van der Waals surface area contributed by atoms with Gasteiger partial charge in [-0.2, -0.15) is 57.1 Å². The van der Waals surface area contributed by atoms with Crippen LogP contribution in [0.1, 0.15) is 5.82 Å². The summed E-state index contributed by atoms with van der Waals surface area (Å²) in [6.07, 6.45) is -7.45. The first-order valence-corrected chi connectivity index (χ1v) is 8.14. The molecule has 0 fully saturated rings. The summed E-state index contributed by atoms with van der Waals surface area (Å²) < 4.78 is 173. The highest BCUT2D eigenvalue weighted by Crippen LogP contribution is 2.61. The highest BCUT2D eigenvalue weighted by Gasteiger charge is 2.91. The van der Waals surface area contributed by atoms with Crippen molar-refractivity contribution in [3.63, 3.8) is 0 Å². The standard InChI is InChI=1S/C17H7F13N2/c18-12(19,11-31-9-6-5-7-3-1-2-4-8(7)10(9)32-11)13(20,21)14(22,23)15(24,25)16(26,27)17(28,29)30/h1-6H,(H,31,32). The number of nitrogens with one attached hydrogen (secondary N) is 1. The van der Waals surface area contributed by atoms with Crippen LogP contribution in [0.15, 0.2) is 36.4 Å². The molecule has 2 aromatic carbocycles. The zero-order valence-corrected chi connectivity index (χ0v) is 14.8. The highest BCUT2D eigenvalue weighted by atomic mass is 19.4. The van der Waals surface area contributed by atoms with E-state index in [4.69, 9.17) is 0 Å². The van der Waals surface area contributed by atoms with Crippen molar-refractivity contribution in [3.8, 4) is 0 Å². The van der Waals surface area contributed by atoms with Crippen molar-refractivity contribution < 1.29 is 57.1 Å². The summed E-state index contributed by atoms with van der Waals surface area (Å²) in [4.78, 5) is 4.51. The number of hydrogen-bond donors (Lipinski definition) is 1. The molecule has 1 aromatic heterocycles. The summed E-state index contributed by atoms with van der Waals surface area (Å²) in [7, 11) is 0. The van der Waals surface area contributed by atoms with E-state index >= 15 is 0 Å². The Morgan fingerprint density at radius 1 is 0.594 bits per heavy atom. The molecule has 0 bridgehead atoms. The van der Waals surface area contributed by atoms with Crippen LogP contribution >= 0.6 is 0 Å². The van der Waals surface area contributed by atoms with Crippen LogP contribution in [0.4, 0.5) is 57.1 Å². The summed E-state index contributed by atoms with van der Waals surface area (Å²) in [5.41, 5.74) is -0.950. The van der Waals surface area contributed by atoms with Gasteiger partial charge < -0.3 is 4.98 Å². The largest absolute Gasteiger partial charge is 0.460 e. The third kappa shape index (κ3) is 2.92. The maximum absolute atomic E-state index is 14.3. The minimum atomic E-state index is -7.95. The Morgan fingerprint density at radius 2 is 1.12 bits per heavy atom. The van der Waals surface area contributed by atoms with Gasteiger partial charge in [-0.1, -0.05) is 30.3 Å². The lowest BCUT2D eigenvalue weighted by atomic mass is 9.93. The lowest BCUT2D eigenvalue weighted by Crippen LogP contribution is -2.69. The Balaban J connectivity index is 2.17. The van der Waals surface area contributed by atoms with Gasteiger partial charge in [0.1, 0.15) is 0 Å². The average molecular weight is 486 g/mol. The second kappa shape index (κ2) is 6.63. The zero-order valence-electron chi connectivity index (χ0n) is 14.8. The fraction of sp³-hybridized carbons (Fsp3) is 0.353. The number of nitrogens with zero attached hydrogens (tertiary/aromatic N) is 1. The molecule has 0 spiro atoms. The van der Waals surface area contributed by atoms with Crippen LogP contribution in [-0.4, -0.2) is 39.8 Å². The smallest absolute Gasteiger partial charge is 0.337 e. The van der Waals surface area contributed by atoms with Gasteiger partial charge in [0.15, 0.2) is 5.82 Å². The third-order valence-corrected chi connectivity index (χ3v) is 4.61. The first-order valence-electron chi connectivity index (χ1n) is 8.14. The first kappa shape index (κ1) is 23.9. The van der Waals surface area contributed by atoms with E-state index in [1.54, 1.807) is 0 Å². The number of fused-ring (bicyclic) bond motifs is 3. The molecule has 0 aliphatic heterocycles. The Labute approximate surface area is 168 Å². The van der Waals surface area contributed by atoms with E-state index in [9.17, 15) is 57.1 Å². The molecule has 0 unspecified atom stereocenters. The molecule has 3 aromatic rings. The monoisotopic (exact) mass is 486 g/mol. The minimum Gasteiger partial charge on any atom is -0.337 e. The van der Waals surface area contributed by atoms with Gasteiger partial charge >= 0.3 is 35.8 Å². The summed E-state index contributed by atoms with van der Waals surface area (Å²) in [6, 6.07) is 7.77. The van der Waals surface area contributed by atoms with Crippen LogP contribution in [-0.2, 0) is 5.92 Å². The highest BCUT2D eigenvalue weighted by molar-refractivity contribution is 6.04. The molecule has 3 rings (SSSR count). The van der Waals surface area contributed by atoms with Gasteiger partial charge in [-0.3, -0.25) is 0 Å². The maximum atomic E-state index is 14.3. The second-order valence-electron chi connectivity index (χ2n) is 6.64. The Bertz CT molecular complexity index is 1160. The number of imidazole rings is 1. The van der Waals surface area contributed by atoms with Crippen molar-refractivity contribution in [1.82, 2.24) is 9.97 Å². The minimum absolute atomic E-state index is 0.0345. The van der Waals surface area contributed by atoms with E-state index in [0.717, 1.165) is 6.07 Å². The van der Waals surface area contributed by atoms with Crippen molar-refractivity contribution in [2.45, 2.75) is 35.8 Å². The molecule has 0 saturated heterocycles. The molecule has 0 saturated carbocycles. The molecule has 0 aliphatic rings. The van der Waals surface area contributed by atoms with Gasteiger partial charge in [-0.05, 0) is 11.5 Å². The molecule has 32 heavy (non-hydrogen) atoms. The third-order valence-electron chi connectivity index (χ3n) is 4.61. The van der Waals surface area contributed by atoms with Crippen LogP contribution in [0.25, 0.3) is 21.8 Å². The van der Waals surface area contributed by atoms with E-state index in [2.05, 4.69) is 4.98 Å². The number of aromatic amines is 1. The Hall–Kier alpha value is -2.74. The van der Waals surface area contributed by atoms with Crippen molar-refractivity contribution in [1.29, 1.82) is 0 Å². The number of halogens is 13. The number of hydrogen-bond acceptors (Lipinski definition) is 1. The molecule has 1 heterocycles. The van der Waals surface area contributed by atoms with Gasteiger partial charge in [0.2, 0.25) is 0 Å². The quantitative estimate of drug-likeness (QED) is 0.390. The van der Waals surface area contributed by atoms with Crippen molar-refractivity contribution in [2.75, 3.05) is 0 Å². The van der Waals surface area contributed by atoms with E-state index in [0.29, 0.717) is 5.39 Å². The van der Waals surface area contributed by atoms with Crippen LogP contribution in [0.5, 0.6) is 0 Å². The molecule has 1 N–H and O–H groups in total. The molecule has 0 amide bonds. The fourth-order valence-corrected chi connectivity index (χ4v) is 2.81. The van der Waals surface area contributed by atoms with Crippen LogP contribution in [0, 0.1) is 0 Å². The number of benzene rings is 2.